The van der Waals surface area contributed by atoms with Gasteiger partial charge in [0.25, 0.3) is 23.6 Å². The highest BCUT2D eigenvalue weighted by atomic mass is 16.5. The number of imide groups is 2. The summed E-state index contributed by atoms with van der Waals surface area (Å²) in [6.07, 6.45) is 0. The van der Waals surface area contributed by atoms with Gasteiger partial charge in [-0.25, -0.2) is 4.90 Å². The van der Waals surface area contributed by atoms with Crippen molar-refractivity contribution in [2.75, 3.05) is 4.90 Å². The molecule has 0 saturated carbocycles. The molecule has 0 aliphatic carbocycles. The van der Waals surface area contributed by atoms with Gasteiger partial charge in [0.1, 0.15) is 23.0 Å². The van der Waals surface area contributed by atoms with Gasteiger partial charge in [-0.3, -0.25) is 24.5 Å². The highest BCUT2D eigenvalue weighted by Crippen LogP contribution is 2.40. The number of hydrogen-bond acceptors (Lipinski definition) is 6. The number of hydrogen-bond donors (Lipinski definition) is 1. The fraction of sp³-hybridized carbons (Fsp3) is 0.164. The maximum absolute atomic E-state index is 13.8. The SMILES string of the molecule is CC(C)(c1ccc(Oc2ccc3c(c2)C(=O)NC3=O)cc1)c1ccc(Oc2ccc3c(c2)C(=O)N(c2ccc(C(C)(C)c4cccc(C(C)(C)c5ccccc5)c4)cc2)C3=O)cc1. The molecule has 0 saturated heterocycles. The minimum absolute atomic E-state index is 0.177. The molecule has 7 aromatic rings. The smallest absolute Gasteiger partial charge is 0.266 e. The Kier molecular flexibility index (Phi) is 9.98. The number of ether oxygens (including phenoxy) is 2. The molecular formula is C55H46N2O6. The van der Waals surface area contributed by atoms with E-state index in [1.165, 1.54) is 21.6 Å². The topological polar surface area (TPSA) is 102 Å². The Hall–Kier alpha value is -7.58. The Morgan fingerprint density at radius 3 is 1.30 bits per heavy atom. The van der Waals surface area contributed by atoms with Gasteiger partial charge in [0.05, 0.1) is 27.9 Å². The van der Waals surface area contributed by atoms with E-state index in [2.05, 4.69) is 95.4 Å². The summed E-state index contributed by atoms with van der Waals surface area (Å²) in [5.41, 5.74) is 7.71. The second-order valence-electron chi connectivity index (χ2n) is 17.8. The van der Waals surface area contributed by atoms with Crippen molar-refractivity contribution in [2.24, 2.45) is 0 Å². The first-order valence-corrected chi connectivity index (χ1v) is 21.0. The molecule has 0 aromatic heterocycles. The normalized spacial score (nSPS) is 13.8. The van der Waals surface area contributed by atoms with Gasteiger partial charge in [-0.15, -0.1) is 0 Å². The second kappa shape index (κ2) is 15.4. The zero-order valence-electron chi connectivity index (χ0n) is 36.0. The average molecular weight is 831 g/mol. The lowest BCUT2D eigenvalue weighted by Gasteiger charge is -2.31. The molecule has 2 aliphatic rings. The van der Waals surface area contributed by atoms with Crippen LogP contribution in [0.4, 0.5) is 5.69 Å². The Morgan fingerprint density at radius 2 is 0.762 bits per heavy atom. The third-order valence-electron chi connectivity index (χ3n) is 12.8. The number of carbonyl (C=O) groups is 4. The second-order valence-corrected chi connectivity index (χ2v) is 17.8. The first kappa shape index (κ1) is 40.8. The van der Waals surface area contributed by atoms with E-state index in [0.717, 1.165) is 16.7 Å². The van der Waals surface area contributed by atoms with Crippen molar-refractivity contribution in [1.82, 2.24) is 5.32 Å². The lowest BCUT2D eigenvalue weighted by molar-refractivity contribution is 0.0874. The van der Waals surface area contributed by atoms with Gasteiger partial charge in [0.15, 0.2) is 0 Å². The van der Waals surface area contributed by atoms with Gasteiger partial charge >= 0.3 is 0 Å². The van der Waals surface area contributed by atoms with Crippen molar-refractivity contribution >= 4 is 29.3 Å². The molecule has 0 fully saturated rings. The molecule has 63 heavy (non-hydrogen) atoms. The molecule has 7 aromatic carbocycles. The molecule has 0 radical (unpaired) electrons. The van der Waals surface area contributed by atoms with Crippen LogP contribution in [-0.2, 0) is 16.2 Å². The van der Waals surface area contributed by atoms with Gasteiger partial charge in [0, 0.05) is 16.2 Å². The van der Waals surface area contributed by atoms with Crippen molar-refractivity contribution in [1.29, 1.82) is 0 Å². The number of benzene rings is 7. The van der Waals surface area contributed by atoms with Gasteiger partial charge in [0.2, 0.25) is 0 Å². The van der Waals surface area contributed by atoms with Crippen LogP contribution in [0.2, 0.25) is 0 Å². The van der Waals surface area contributed by atoms with E-state index in [9.17, 15) is 19.2 Å². The van der Waals surface area contributed by atoms with E-state index in [1.807, 2.05) is 78.9 Å². The van der Waals surface area contributed by atoms with Crippen LogP contribution >= 0.6 is 0 Å². The highest BCUT2D eigenvalue weighted by Gasteiger charge is 2.38. The van der Waals surface area contributed by atoms with Crippen molar-refractivity contribution in [3.8, 4) is 23.0 Å². The summed E-state index contributed by atoms with van der Waals surface area (Å²) in [4.78, 5) is 52.7. The van der Waals surface area contributed by atoms with Crippen LogP contribution in [0, 0.1) is 0 Å². The summed E-state index contributed by atoms with van der Waals surface area (Å²) in [6.45, 7) is 13.1. The Labute approximate surface area is 367 Å². The minimum Gasteiger partial charge on any atom is -0.457 e. The van der Waals surface area contributed by atoms with Crippen molar-refractivity contribution < 1.29 is 28.7 Å². The maximum atomic E-state index is 13.8. The van der Waals surface area contributed by atoms with Crippen molar-refractivity contribution in [3.05, 3.63) is 219 Å². The van der Waals surface area contributed by atoms with Gasteiger partial charge in [-0.2, -0.15) is 0 Å². The predicted molar refractivity (Wildman–Crippen MR) is 245 cm³/mol. The third-order valence-corrected chi connectivity index (χ3v) is 12.8. The molecule has 312 valence electrons. The lowest BCUT2D eigenvalue weighted by Crippen LogP contribution is -2.29. The number of rotatable bonds is 11. The van der Waals surface area contributed by atoms with E-state index < -0.39 is 17.7 Å². The van der Waals surface area contributed by atoms with Crippen LogP contribution in [0.25, 0.3) is 0 Å². The van der Waals surface area contributed by atoms with E-state index in [-0.39, 0.29) is 22.2 Å². The molecule has 0 atom stereocenters. The maximum Gasteiger partial charge on any atom is 0.266 e. The Morgan fingerprint density at radius 1 is 0.365 bits per heavy atom. The molecule has 0 bridgehead atoms. The third kappa shape index (κ3) is 7.37. The monoisotopic (exact) mass is 830 g/mol. The molecule has 2 heterocycles. The molecular weight excluding hydrogens is 785 g/mol. The molecule has 0 unspecified atom stereocenters. The summed E-state index contributed by atoms with van der Waals surface area (Å²) >= 11 is 0. The van der Waals surface area contributed by atoms with Crippen molar-refractivity contribution in [2.45, 2.75) is 57.8 Å². The minimum atomic E-state index is -0.431. The van der Waals surface area contributed by atoms with E-state index in [4.69, 9.17) is 9.47 Å². The number of nitrogens with zero attached hydrogens (tertiary/aromatic N) is 1. The van der Waals surface area contributed by atoms with Crippen LogP contribution in [0.15, 0.2) is 164 Å². The average Bonchev–Trinajstić information content (AvgIpc) is 3.72. The number of nitrogens with one attached hydrogen (secondary N) is 1. The molecule has 8 heteroatoms. The van der Waals surface area contributed by atoms with Gasteiger partial charge < -0.3 is 9.47 Å². The van der Waals surface area contributed by atoms with E-state index in [0.29, 0.717) is 50.9 Å². The fourth-order valence-corrected chi connectivity index (χ4v) is 8.56. The van der Waals surface area contributed by atoms with E-state index in [1.54, 1.807) is 36.4 Å². The van der Waals surface area contributed by atoms with Crippen LogP contribution in [0.1, 0.15) is 116 Å². The Balaban J connectivity index is 0.859. The van der Waals surface area contributed by atoms with Crippen LogP contribution in [-0.4, -0.2) is 23.6 Å². The number of carbonyl (C=O) groups excluding carboxylic acids is 4. The van der Waals surface area contributed by atoms with Gasteiger partial charge in [-0.05, 0) is 106 Å². The summed E-state index contributed by atoms with van der Waals surface area (Å²) in [5.74, 6) is 0.493. The summed E-state index contributed by atoms with van der Waals surface area (Å²) in [5, 5.41) is 2.29. The highest BCUT2D eigenvalue weighted by molar-refractivity contribution is 6.34. The molecule has 8 nitrogen and oxygen atoms in total. The number of fused-ring (bicyclic) bond motifs is 2. The predicted octanol–water partition coefficient (Wildman–Crippen LogP) is 11.9. The summed E-state index contributed by atoms with van der Waals surface area (Å²) in [7, 11) is 0. The quantitative estimate of drug-likeness (QED) is 0.130. The molecule has 1 N–H and O–H groups in total. The van der Waals surface area contributed by atoms with Crippen LogP contribution < -0.4 is 19.7 Å². The van der Waals surface area contributed by atoms with Crippen LogP contribution in [0.5, 0.6) is 23.0 Å². The van der Waals surface area contributed by atoms with Crippen molar-refractivity contribution in [3.63, 3.8) is 0 Å². The van der Waals surface area contributed by atoms with Crippen LogP contribution in [0.3, 0.4) is 0 Å². The molecule has 9 rings (SSSR count). The molecule has 0 spiro atoms. The summed E-state index contributed by atoms with van der Waals surface area (Å²) < 4.78 is 12.2. The standard InChI is InChI=1S/C55H46N2O6/c1-53(2,36-17-23-41(24-18-36)62-43-27-29-45-47(32-43)50(59)56-49(45)58)37-19-25-42(26-20-37)63-44-28-30-46-48(33-44)52(61)57(51(46)60)40-21-15-35(16-22-40)55(5,6)39-14-10-13-38(31-39)54(3,4)34-11-8-7-9-12-34/h7-33H,1-6H3,(H,56,58,59). The lowest BCUT2D eigenvalue weighted by atomic mass is 9.73. The largest absolute Gasteiger partial charge is 0.457 e. The first-order valence-electron chi connectivity index (χ1n) is 21.0. The molecule has 4 amide bonds. The van der Waals surface area contributed by atoms with E-state index >= 15 is 0 Å². The zero-order valence-corrected chi connectivity index (χ0v) is 36.0. The summed E-state index contributed by atoms with van der Waals surface area (Å²) in [6, 6.07) is 52.3. The first-order chi connectivity index (χ1) is 30.1. The number of anilines is 1. The zero-order chi connectivity index (χ0) is 44.3. The Bertz CT molecular complexity index is 2950. The van der Waals surface area contributed by atoms with Gasteiger partial charge in [-0.1, -0.05) is 133 Å². The number of amides is 4. The molecule has 2 aliphatic heterocycles. The fourth-order valence-electron chi connectivity index (χ4n) is 8.56.